The molecule has 0 unspecified atom stereocenters. The minimum atomic E-state index is 0.0910. The number of unbranched alkanes of at least 4 members (excludes halogenated alkanes) is 2. The second-order valence-electron chi connectivity index (χ2n) is 8.09. The molecule has 0 aliphatic heterocycles. The van der Waals surface area contributed by atoms with Crippen molar-refractivity contribution in [2.75, 3.05) is 0 Å². The minimum absolute atomic E-state index is 0.0910. The summed E-state index contributed by atoms with van der Waals surface area (Å²) in [4.78, 5) is 11.5. The van der Waals surface area contributed by atoms with Crippen LogP contribution < -0.4 is 0 Å². The van der Waals surface area contributed by atoms with Crippen LogP contribution in [0.25, 0.3) is 11.1 Å². The van der Waals surface area contributed by atoms with Crippen LogP contribution in [0.1, 0.15) is 87.1 Å². The van der Waals surface area contributed by atoms with Gasteiger partial charge in [0.1, 0.15) is 0 Å². The van der Waals surface area contributed by atoms with E-state index in [9.17, 15) is 4.79 Å². The lowest BCUT2D eigenvalue weighted by Crippen LogP contribution is -2.13. The van der Waals surface area contributed by atoms with Gasteiger partial charge >= 0.3 is 0 Å². The van der Waals surface area contributed by atoms with E-state index in [1.54, 1.807) is 6.92 Å². The third kappa shape index (κ3) is 5.23. The molecule has 0 bridgehead atoms. The zero-order valence-electron chi connectivity index (χ0n) is 16.6. The van der Waals surface area contributed by atoms with Crippen LogP contribution in [0.15, 0.2) is 42.5 Å². The van der Waals surface area contributed by atoms with Crippen molar-refractivity contribution in [3.63, 3.8) is 0 Å². The smallest absolute Gasteiger partial charge is 0.159 e. The summed E-state index contributed by atoms with van der Waals surface area (Å²) in [5, 5.41) is 0.813. The van der Waals surface area contributed by atoms with Gasteiger partial charge in [-0.25, -0.2) is 0 Å². The van der Waals surface area contributed by atoms with Crippen molar-refractivity contribution < 1.29 is 4.79 Å². The van der Waals surface area contributed by atoms with E-state index in [0.29, 0.717) is 5.92 Å². The third-order valence-corrected chi connectivity index (χ3v) is 6.44. The summed E-state index contributed by atoms with van der Waals surface area (Å²) in [6.45, 7) is 3.87. The molecule has 0 saturated heterocycles. The Kier molecular flexibility index (Phi) is 7.13. The Bertz CT molecular complexity index is 754. The van der Waals surface area contributed by atoms with Crippen LogP contribution in [0, 0.1) is 5.92 Å². The maximum atomic E-state index is 11.5. The van der Waals surface area contributed by atoms with Gasteiger partial charge in [-0.15, -0.1) is 0 Å². The Hall–Kier alpha value is -1.60. The molecule has 3 rings (SSSR count). The van der Waals surface area contributed by atoms with Crippen molar-refractivity contribution in [3.8, 4) is 11.1 Å². The molecule has 1 saturated carbocycles. The highest BCUT2D eigenvalue weighted by atomic mass is 35.5. The molecular weight excluding hydrogens is 352 g/mol. The van der Waals surface area contributed by atoms with Crippen LogP contribution in [0.5, 0.6) is 0 Å². The first kappa shape index (κ1) is 20.1. The Morgan fingerprint density at radius 1 is 1.00 bits per heavy atom. The lowest BCUT2D eigenvalue weighted by Gasteiger charge is -2.29. The highest BCUT2D eigenvalue weighted by Crippen LogP contribution is 2.40. The SMILES string of the molecule is CCCCCC1CCC(c2ccc(-c3ccc(C(C)=O)cc3)c(Cl)c2)CC1. The van der Waals surface area contributed by atoms with Gasteiger partial charge in [-0.1, -0.05) is 80.6 Å². The van der Waals surface area contributed by atoms with Gasteiger partial charge in [0.2, 0.25) is 0 Å². The zero-order chi connectivity index (χ0) is 19.2. The first-order valence-corrected chi connectivity index (χ1v) is 10.9. The normalized spacial score (nSPS) is 19.8. The number of rotatable bonds is 7. The van der Waals surface area contributed by atoms with E-state index >= 15 is 0 Å². The van der Waals surface area contributed by atoms with Crippen LogP contribution in [0.3, 0.4) is 0 Å². The van der Waals surface area contributed by atoms with E-state index in [-0.39, 0.29) is 5.78 Å². The topological polar surface area (TPSA) is 17.1 Å². The van der Waals surface area contributed by atoms with E-state index < -0.39 is 0 Å². The lowest BCUT2D eigenvalue weighted by atomic mass is 9.77. The second kappa shape index (κ2) is 9.55. The van der Waals surface area contributed by atoms with E-state index in [1.807, 2.05) is 24.3 Å². The maximum Gasteiger partial charge on any atom is 0.159 e. The molecule has 2 aromatic rings. The zero-order valence-corrected chi connectivity index (χ0v) is 17.4. The summed E-state index contributed by atoms with van der Waals surface area (Å²) in [6.07, 6.45) is 10.8. The molecule has 1 fully saturated rings. The van der Waals surface area contributed by atoms with Gasteiger partial charge in [0.05, 0.1) is 0 Å². The van der Waals surface area contributed by atoms with E-state index in [0.717, 1.165) is 27.6 Å². The predicted octanol–water partition coefficient (Wildman–Crippen LogP) is 8.06. The van der Waals surface area contributed by atoms with Gasteiger partial charge in [0.15, 0.2) is 5.78 Å². The van der Waals surface area contributed by atoms with Crippen LogP contribution in [-0.2, 0) is 0 Å². The molecule has 0 heterocycles. The number of carbonyl (C=O) groups excluding carboxylic acids is 1. The average Bonchev–Trinajstić information content (AvgIpc) is 2.69. The largest absolute Gasteiger partial charge is 0.295 e. The maximum absolute atomic E-state index is 11.5. The average molecular weight is 383 g/mol. The summed E-state index contributed by atoms with van der Waals surface area (Å²) < 4.78 is 0. The Morgan fingerprint density at radius 2 is 1.70 bits per heavy atom. The summed E-state index contributed by atoms with van der Waals surface area (Å²) in [5.74, 6) is 1.68. The van der Waals surface area contributed by atoms with Gasteiger partial charge in [-0.2, -0.15) is 0 Å². The minimum Gasteiger partial charge on any atom is -0.295 e. The lowest BCUT2D eigenvalue weighted by molar-refractivity contribution is 0.101. The summed E-state index contributed by atoms with van der Waals surface area (Å²) in [5.41, 5.74) is 4.23. The van der Waals surface area contributed by atoms with Crippen molar-refractivity contribution in [1.82, 2.24) is 0 Å². The van der Waals surface area contributed by atoms with E-state index in [4.69, 9.17) is 11.6 Å². The second-order valence-corrected chi connectivity index (χ2v) is 8.49. The molecule has 0 spiro atoms. The fourth-order valence-electron chi connectivity index (χ4n) is 4.37. The highest BCUT2D eigenvalue weighted by Gasteiger charge is 2.22. The fourth-order valence-corrected chi connectivity index (χ4v) is 4.67. The molecule has 0 atom stereocenters. The van der Waals surface area contributed by atoms with Gasteiger partial charge in [-0.05, 0) is 61.6 Å². The van der Waals surface area contributed by atoms with Gasteiger partial charge in [0, 0.05) is 16.1 Å². The molecule has 144 valence electrons. The number of benzene rings is 2. The molecule has 2 aromatic carbocycles. The van der Waals surface area contributed by atoms with E-state index in [1.165, 1.54) is 56.9 Å². The van der Waals surface area contributed by atoms with Crippen molar-refractivity contribution in [3.05, 3.63) is 58.6 Å². The molecule has 27 heavy (non-hydrogen) atoms. The molecule has 0 radical (unpaired) electrons. The standard InChI is InChI=1S/C25H31ClO/c1-3-4-5-6-19-7-9-21(10-8-19)23-15-16-24(25(26)17-23)22-13-11-20(12-14-22)18(2)27/h11-17,19,21H,3-10H2,1-2H3. The van der Waals surface area contributed by atoms with E-state index in [2.05, 4.69) is 25.1 Å². The quantitative estimate of drug-likeness (QED) is 0.349. The van der Waals surface area contributed by atoms with Crippen molar-refractivity contribution in [2.45, 2.75) is 71.1 Å². The Labute approximate surface area is 169 Å². The predicted molar refractivity (Wildman–Crippen MR) is 116 cm³/mol. The number of Topliss-reactive ketones (excluding diaryl/α,β-unsaturated/α-hetero) is 1. The Balaban J connectivity index is 1.64. The molecular formula is C25H31ClO. The number of hydrogen-bond donors (Lipinski definition) is 0. The van der Waals surface area contributed by atoms with Crippen molar-refractivity contribution in [1.29, 1.82) is 0 Å². The van der Waals surface area contributed by atoms with Crippen molar-refractivity contribution >= 4 is 17.4 Å². The highest BCUT2D eigenvalue weighted by molar-refractivity contribution is 6.33. The summed E-state index contributed by atoms with van der Waals surface area (Å²) in [6, 6.07) is 14.3. The summed E-state index contributed by atoms with van der Waals surface area (Å²) >= 11 is 6.63. The van der Waals surface area contributed by atoms with Crippen LogP contribution in [0.2, 0.25) is 5.02 Å². The van der Waals surface area contributed by atoms with Gasteiger partial charge < -0.3 is 0 Å². The van der Waals surface area contributed by atoms with Gasteiger partial charge in [0.25, 0.3) is 0 Å². The van der Waals surface area contributed by atoms with Gasteiger partial charge in [-0.3, -0.25) is 4.79 Å². The molecule has 0 amide bonds. The number of carbonyl (C=O) groups is 1. The van der Waals surface area contributed by atoms with Crippen LogP contribution in [0.4, 0.5) is 0 Å². The molecule has 1 aliphatic rings. The molecule has 1 nitrogen and oxygen atoms in total. The Morgan fingerprint density at radius 3 is 2.30 bits per heavy atom. The first-order chi connectivity index (χ1) is 13.1. The molecule has 0 aromatic heterocycles. The fraction of sp³-hybridized carbons (Fsp3) is 0.480. The monoisotopic (exact) mass is 382 g/mol. The molecule has 0 N–H and O–H groups in total. The van der Waals surface area contributed by atoms with Crippen LogP contribution >= 0.6 is 11.6 Å². The third-order valence-electron chi connectivity index (χ3n) is 6.13. The summed E-state index contributed by atoms with van der Waals surface area (Å²) in [7, 11) is 0. The number of halogens is 1. The number of hydrogen-bond acceptors (Lipinski definition) is 1. The number of ketones is 1. The first-order valence-electron chi connectivity index (χ1n) is 10.5. The van der Waals surface area contributed by atoms with Crippen molar-refractivity contribution in [2.24, 2.45) is 5.92 Å². The van der Waals surface area contributed by atoms with Crippen LogP contribution in [-0.4, -0.2) is 5.78 Å². The molecule has 1 aliphatic carbocycles. The molecule has 2 heteroatoms.